The lowest BCUT2D eigenvalue weighted by molar-refractivity contribution is 0.355. The summed E-state index contributed by atoms with van der Waals surface area (Å²) >= 11 is 1.30. The lowest BCUT2D eigenvalue weighted by Gasteiger charge is -2.07. The van der Waals surface area contributed by atoms with Crippen LogP contribution in [0.15, 0.2) is 47.5 Å². The van der Waals surface area contributed by atoms with Crippen LogP contribution in [0.3, 0.4) is 0 Å². The van der Waals surface area contributed by atoms with E-state index in [0.29, 0.717) is 26.8 Å². The molecule has 8 heteroatoms. The van der Waals surface area contributed by atoms with Crippen molar-refractivity contribution in [3.05, 3.63) is 74.6 Å². The lowest BCUT2D eigenvalue weighted by Crippen LogP contribution is -2.23. The summed E-state index contributed by atoms with van der Waals surface area (Å²) in [6, 6.07) is 9.29. The number of ether oxygens (including phenoxy) is 2. The van der Waals surface area contributed by atoms with E-state index in [1.807, 2.05) is 36.4 Å². The first-order chi connectivity index (χ1) is 13.7. The molecule has 4 aromatic rings. The van der Waals surface area contributed by atoms with Gasteiger partial charge in [0.05, 0.1) is 18.8 Å². The van der Waals surface area contributed by atoms with Gasteiger partial charge in [-0.2, -0.15) is 9.50 Å². The van der Waals surface area contributed by atoms with Gasteiger partial charge in [-0.05, 0) is 41.5 Å². The molecule has 7 nitrogen and oxygen atoms in total. The fourth-order valence-corrected chi connectivity index (χ4v) is 3.57. The Hall–Kier alpha value is -3.52. The molecule has 0 aliphatic heterocycles. The van der Waals surface area contributed by atoms with Crippen molar-refractivity contribution in [1.29, 1.82) is 0 Å². The second kappa shape index (κ2) is 7.61. The normalized spacial score (nSPS) is 12.1. The Labute approximate surface area is 164 Å². The molecule has 0 N–H and O–H groups in total. The first-order valence-corrected chi connectivity index (χ1v) is 9.21. The highest BCUT2D eigenvalue weighted by Gasteiger charge is 2.09. The van der Waals surface area contributed by atoms with Gasteiger partial charge in [0.15, 0.2) is 17.3 Å². The van der Waals surface area contributed by atoms with Crippen LogP contribution in [0.5, 0.6) is 11.5 Å². The minimum atomic E-state index is -0.192. The zero-order valence-corrected chi connectivity index (χ0v) is 16.0. The van der Waals surface area contributed by atoms with E-state index in [-0.39, 0.29) is 5.56 Å². The number of nitrogens with zero attached hydrogens (tertiary/aromatic N) is 4. The number of hydrogen-bond donors (Lipinski definition) is 0. The highest BCUT2D eigenvalue weighted by atomic mass is 32.1. The van der Waals surface area contributed by atoms with Crippen LogP contribution in [0.4, 0.5) is 0 Å². The third-order valence-corrected chi connectivity index (χ3v) is 4.97. The van der Waals surface area contributed by atoms with Crippen LogP contribution in [0.25, 0.3) is 23.2 Å². The van der Waals surface area contributed by atoms with E-state index in [1.165, 1.54) is 15.9 Å². The molecule has 0 spiro atoms. The highest BCUT2D eigenvalue weighted by molar-refractivity contribution is 7.15. The molecule has 0 amide bonds. The summed E-state index contributed by atoms with van der Waals surface area (Å²) in [7, 11) is 3.18. The first-order valence-electron chi connectivity index (χ1n) is 8.39. The summed E-state index contributed by atoms with van der Waals surface area (Å²) in [5, 5.41) is 4.29. The SMILES string of the molecule is COc1ccc(/C=C/c2nc3s/c(=C/c4cccnc4)c(=O)n3n2)cc1OC. The number of benzene rings is 1. The second-order valence-corrected chi connectivity index (χ2v) is 6.82. The lowest BCUT2D eigenvalue weighted by atomic mass is 10.2. The van der Waals surface area contributed by atoms with Gasteiger partial charge < -0.3 is 9.47 Å². The Bertz CT molecular complexity index is 1260. The molecule has 0 saturated heterocycles. The van der Waals surface area contributed by atoms with Gasteiger partial charge in [-0.25, -0.2) is 0 Å². The van der Waals surface area contributed by atoms with Crippen molar-refractivity contribution in [2.24, 2.45) is 0 Å². The Morgan fingerprint density at radius 1 is 1.07 bits per heavy atom. The molecule has 0 unspecified atom stereocenters. The van der Waals surface area contributed by atoms with E-state index >= 15 is 0 Å². The van der Waals surface area contributed by atoms with Crippen LogP contribution in [-0.2, 0) is 0 Å². The van der Waals surface area contributed by atoms with Gasteiger partial charge in [0, 0.05) is 12.4 Å². The minimum Gasteiger partial charge on any atom is -0.493 e. The van der Waals surface area contributed by atoms with Crippen LogP contribution in [0.2, 0.25) is 0 Å². The standard InChI is InChI=1S/C20H16N4O3S/c1-26-15-7-5-13(10-16(15)27-2)6-8-18-22-20-24(23-18)19(25)17(28-20)11-14-4-3-9-21-12-14/h3-12H,1-2H3/b8-6+,17-11+. The van der Waals surface area contributed by atoms with Gasteiger partial charge in [-0.15, -0.1) is 5.10 Å². The fraction of sp³-hybridized carbons (Fsp3) is 0.100. The van der Waals surface area contributed by atoms with Crippen LogP contribution in [0.1, 0.15) is 17.0 Å². The summed E-state index contributed by atoms with van der Waals surface area (Å²) < 4.78 is 12.4. The molecule has 4 rings (SSSR count). The van der Waals surface area contributed by atoms with Gasteiger partial charge >= 0.3 is 0 Å². The molecule has 1 aromatic carbocycles. The van der Waals surface area contributed by atoms with Gasteiger partial charge in [0.25, 0.3) is 5.56 Å². The number of fused-ring (bicyclic) bond motifs is 1. The number of pyridine rings is 1. The minimum absolute atomic E-state index is 0.192. The van der Waals surface area contributed by atoms with Gasteiger partial charge in [-0.1, -0.05) is 29.5 Å². The first kappa shape index (κ1) is 17.9. The molecule has 3 aromatic heterocycles. The van der Waals surface area contributed by atoms with E-state index in [9.17, 15) is 4.79 Å². The van der Waals surface area contributed by atoms with Crippen LogP contribution < -0.4 is 19.6 Å². The summed E-state index contributed by atoms with van der Waals surface area (Å²) in [5.41, 5.74) is 1.57. The van der Waals surface area contributed by atoms with Crippen molar-refractivity contribution in [3.8, 4) is 11.5 Å². The van der Waals surface area contributed by atoms with Crippen molar-refractivity contribution in [1.82, 2.24) is 19.6 Å². The van der Waals surface area contributed by atoms with Crippen molar-refractivity contribution < 1.29 is 9.47 Å². The van der Waals surface area contributed by atoms with E-state index in [1.54, 1.807) is 38.8 Å². The zero-order valence-electron chi connectivity index (χ0n) is 15.2. The Morgan fingerprint density at radius 2 is 1.93 bits per heavy atom. The highest BCUT2D eigenvalue weighted by Crippen LogP contribution is 2.28. The Balaban J connectivity index is 1.64. The van der Waals surface area contributed by atoms with Crippen LogP contribution in [-0.4, -0.2) is 33.8 Å². The quantitative estimate of drug-likeness (QED) is 0.519. The number of rotatable bonds is 5. The second-order valence-electron chi connectivity index (χ2n) is 5.81. The largest absolute Gasteiger partial charge is 0.493 e. The molecule has 0 saturated carbocycles. The summed E-state index contributed by atoms with van der Waals surface area (Å²) in [6.07, 6.45) is 8.79. The number of aromatic nitrogens is 4. The van der Waals surface area contributed by atoms with Gasteiger partial charge in [-0.3, -0.25) is 9.78 Å². The van der Waals surface area contributed by atoms with E-state index in [2.05, 4.69) is 15.1 Å². The van der Waals surface area contributed by atoms with Gasteiger partial charge in [0.2, 0.25) is 4.96 Å². The average Bonchev–Trinajstić information content (AvgIpc) is 3.26. The maximum absolute atomic E-state index is 12.5. The van der Waals surface area contributed by atoms with Crippen LogP contribution >= 0.6 is 11.3 Å². The third-order valence-electron chi connectivity index (χ3n) is 4.01. The van der Waals surface area contributed by atoms with Crippen LogP contribution in [0, 0.1) is 0 Å². The van der Waals surface area contributed by atoms with Crippen molar-refractivity contribution >= 4 is 34.5 Å². The number of methoxy groups -OCH3 is 2. The summed E-state index contributed by atoms with van der Waals surface area (Å²) in [5.74, 6) is 1.76. The molecule has 0 fully saturated rings. The molecule has 0 bridgehead atoms. The molecular weight excluding hydrogens is 376 g/mol. The monoisotopic (exact) mass is 392 g/mol. The predicted octanol–water partition coefficient (Wildman–Crippen LogP) is 2.28. The average molecular weight is 392 g/mol. The van der Waals surface area contributed by atoms with E-state index in [4.69, 9.17) is 9.47 Å². The maximum atomic E-state index is 12.5. The summed E-state index contributed by atoms with van der Waals surface area (Å²) in [4.78, 5) is 21.6. The smallest absolute Gasteiger partial charge is 0.291 e. The maximum Gasteiger partial charge on any atom is 0.291 e. The number of hydrogen-bond acceptors (Lipinski definition) is 7. The third kappa shape index (κ3) is 3.49. The predicted molar refractivity (Wildman–Crippen MR) is 109 cm³/mol. The molecular formula is C20H16N4O3S. The molecule has 3 heterocycles. The molecule has 0 aliphatic carbocycles. The van der Waals surface area contributed by atoms with Crippen molar-refractivity contribution in [2.45, 2.75) is 0 Å². The van der Waals surface area contributed by atoms with Crippen molar-refractivity contribution in [2.75, 3.05) is 14.2 Å². The van der Waals surface area contributed by atoms with E-state index < -0.39 is 0 Å². The Kier molecular flexibility index (Phi) is 4.86. The van der Waals surface area contributed by atoms with Crippen molar-refractivity contribution in [3.63, 3.8) is 0 Å². The van der Waals surface area contributed by atoms with Gasteiger partial charge in [0.1, 0.15) is 0 Å². The fourth-order valence-electron chi connectivity index (χ4n) is 2.66. The topological polar surface area (TPSA) is 78.6 Å². The summed E-state index contributed by atoms with van der Waals surface area (Å²) in [6.45, 7) is 0. The zero-order chi connectivity index (χ0) is 19.5. The molecule has 0 radical (unpaired) electrons. The molecule has 0 aliphatic rings. The molecule has 140 valence electrons. The van der Waals surface area contributed by atoms with E-state index in [0.717, 1.165) is 11.1 Å². The Morgan fingerprint density at radius 3 is 2.64 bits per heavy atom. The molecule has 28 heavy (non-hydrogen) atoms. The number of thiazole rings is 1. The molecule has 0 atom stereocenters.